The minimum absolute atomic E-state index is 0.100. The molecule has 0 aromatic carbocycles. The molecule has 0 fully saturated rings. The molecule has 2 heteroatoms. The molecule has 1 aliphatic rings. The Labute approximate surface area is 73.4 Å². The molecule has 0 aliphatic heterocycles. The van der Waals surface area contributed by atoms with E-state index in [4.69, 9.17) is 16.7 Å². The lowest BCUT2D eigenvalue weighted by Crippen LogP contribution is -1.95. The molecule has 1 rings (SSSR count). The van der Waals surface area contributed by atoms with Crippen LogP contribution >= 0.6 is 11.6 Å². The summed E-state index contributed by atoms with van der Waals surface area (Å²) in [7, 11) is 0. The molecule has 0 amide bonds. The second kappa shape index (κ2) is 6.44. The van der Waals surface area contributed by atoms with Gasteiger partial charge >= 0.3 is 0 Å². The molecule has 0 bridgehead atoms. The molecule has 0 aromatic heterocycles. The summed E-state index contributed by atoms with van der Waals surface area (Å²) in [6.07, 6.45) is 5.77. The number of halogens is 1. The van der Waals surface area contributed by atoms with Gasteiger partial charge < -0.3 is 5.11 Å². The molecule has 0 unspecified atom stereocenters. The van der Waals surface area contributed by atoms with Crippen molar-refractivity contribution in [2.24, 2.45) is 0 Å². The first-order valence-corrected chi connectivity index (χ1v) is 4.37. The Morgan fingerprint density at radius 3 is 2.55 bits per heavy atom. The number of allylic oxidation sites excluding steroid dienone is 3. The first-order valence-electron chi connectivity index (χ1n) is 3.99. The van der Waals surface area contributed by atoms with Gasteiger partial charge in [0.25, 0.3) is 0 Å². The summed E-state index contributed by atoms with van der Waals surface area (Å²) >= 11 is 5.72. The SMILES string of the molecule is CC.OCC1=C(Cl)C=CCC1. The van der Waals surface area contributed by atoms with Gasteiger partial charge in [-0.15, -0.1) is 0 Å². The van der Waals surface area contributed by atoms with Gasteiger partial charge in [0.2, 0.25) is 0 Å². The Morgan fingerprint density at radius 1 is 1.55 bits per heavy atom. The van der Waals surface area contributed by atoms with Crippen molar-refractivity contribution in [1.29, 1.82) is 0 Å². The van der Waals surface area contributed by atoms with Crippen molar-refractivity contribution in [2.45, 2.75) is 26.7 Å². The molecule has 0 atom stereocenters. The van der Waals surface area contributed by atoms with Gasteiger partial charge in [0.1, 0.15) is 0 Å². The third kappa shape index (κ3) is 3.59. The molecule has 1 aliphatic carbocycles. The molecule has 1 nitrogen and oxygen atoms in total. The van der Waals surface area contributed by atoms with E-state index in [-0.39, 0.29) is 6.61 Å². The molecular weight excluding hydrogens is 160 g/mol. The summed E-state index contributed by atoms with van der Waals surface area (Å²) in [6.45, 7) is 4.10. The van der Waals surface area contributed by atoms with E-state index in [1.165, 1.54) is 0 Å². The fourth-order valence-electron chi connectivity index (χ4n) is 0.836. The van der Waals surface area contributed by atoms with Crippen LogP contribution in [0.2, 0.25) is 0 Å². The molecule has 0 aromatic rings. The van der Waals surface area contributed by atoms with Crippen LogP contribution in [0.5, 0.6) is 0 Å². The minimum Gasteiger partial charge on any atom is -0.392 e. The summed E-state index contributed by atoms with van der Waals surface area (Å²) in [4.78, 5) is 0. The van der Waals surface area contributed by atoms with Gasteiger partial charge in [0.15, 0.2) is 0 Å². The van der Waals surface area contributed by atoms with Crippen molar-refractivity contribution in [3.05, 3.63) is 22.8 Å². The predicted molar refractivity (Wildman–Crippen MR) is 49.7 cm³/mol. The van der Waals surface area contributed by atoms with Gasteiger partial charge in [-0.25, -0.2) is 0 Å². The van der Waals surface area contributed by atoms with Crippen molar-refractivity contribution in [1.82, 2.24) is 0 Å². The smallest absolute Gasteiger partial charge is 0.0659 e. The van der Waals surface area contributed by atoms with Crippen LogP contribution in [0.4, 0.5) is 0 Å². The Morgan fingerprint density at radius 2 is 2.18 bits per heavy atom. The van der Waals surface area contributed by atoms with E-state index in [9.17, 15) is 0 Å². The van der Waals surface area contributed by atoms with E-state index in [0.717, 1.165) is 18.4 Å². The third-order valence-electron chi connectivity index (χ3n) is 1.41. The van der Waals surface area contributed by atoms with Crippen molar-refractivity contribution >= 4 is 11.6 Å². The van der Waals surface area contributed by atoms with Crippen molar-refractivity contribution < 1.29 is 5.11 Å². The Hall–Kier alpha value is -0.270. The highest BCUT2D eigenvalue weighted by Crippen LogP contribution is 2.20. The van der Waals surface area contributed by atoms with Crippen molar-refractivity contribution in [3.8, 4) is 0 Å². The van der Waals surface area contributed by atoms with E-state index in [1.807, 2.05) is 26.0 Å². The molecule has 0 saturated carbocycles. The van der Waals surface area contributed by atoms with Crippen LogP contribution in [-0.2, 0) is 0 Å². The van der Waals surface area contributed by atoms with Crippen LogP contribution < -0.4 is 0 Å². The van der Waals surface area contributed by atoms with Gasteiger partial charge in [-0.1, -0.05) is 31.5 Å². The number of rotatable bonds is 1. The van der Waals surface area contributed by atoms with E-state index in [1.54, 1.807) is 0 Å². The lowest BCUT2D eigenvalue weighted by Gasteiger charge is -2.07. The van der Waals surface area contributed by atoms with Gasteiger partial charge in [0, 0.05) is 5.03 Å². The highest BCUT2D eigenvalue weighted by Gasteiger charge is 2.03. The molecule has 0 spiro atoms. The van der Waals surface area contributed by atoms with Crippen LogP contribution in [0.15, 0.2) is 22.8 Å². The lowest BCUT2D eigenvalue weighted by atomic mass is 10.1. The Balaban J connectivity index is 0.000000461. The normalized spacial score (nSPS) is 16.0. The minimum atomic E-state index is 0.100. The van der Waals surface area contributed by atoms with Gasteiger partial charge in [-0.05, 0) is 24.5 Å². The molecule has 11 heavy (non-hydrogen) atoms. The molecule has 1 N–H and O–H groups in total. The fraction of sp³-hybridized carbons (Fsp3) is 0.556. The Kier molecular flexibility index (Phi) is 6.28. The topological polar surface area (TPSA) is 20.2 Å². The maximum atomic E-state index is 8.69. The number of aliphatic hydroxyl groups is 1. The highest BCUT2D eigenvalue weighted by atomic mass is 35.5. The summed E-state index contributed by atoms with van der Waals surface area (Å²) in [5.74, 6) is 0. The zero-order valence-corrected chi connectivity index (χ0v) is 7.86. The summed E-state index contributed by atoms with van der Waals surface area (Å²) in [6, 6.07) is 0. The summed E-state index contributed by atoms with van der Waals surface area (Å²) in [5, 5.41) is 9.40. The van der Waals surface area contributed by atoms with E-state index in [0.29, 0.717) is 5.03 Å². The Bertz CT molecular complexity index is 159. The molecule has 0 heterocycles. The lowest BCUT2D eigenvalue weighted by molar-refractivity contribution is 0.326. The van der Waals surface area contributed by atoms with Crippen LogP contribution in [0.3, 0.4) is 0 Å². The average Bonchev–Trinajstić information content (AvgIpc) is 2.09. The number of aliphatic hydroxyl groups excluding tert-OH is 1. The maximum absolute atomic E-state index is 8.69. The van der Waals surface area contributed by atoms with Gasteiger partial charge in [-0.3, -0.25) is 0 Å². The third-order valence-corrected chi connectivity index (χ3v) is 1.80. The highest BCUT2D eigenvalue weighted by molar-refractivity contribution is 6.31. The predicted octanol–water partition coefficient (Wildman–Crippen LogP) is 2.85. The fourth-order valence-corrected chi connectivity index (χ4v) is 1.08. The summed E-state index contributed by atoms with van der Waals surface area (Å²) in [5.41, 5.74) is 0.958. The molecule has 0 saturated heterocycles. The van der Waals surface area contributed by atoms with Crippen molar-refractivity contribution in [2.75, 3.05) is 6.61 Å². The second-order valence-electron chi connectivity index (χ2n) is 2.05. The molecule has 64 valence electrons. The van der Waals surface area contributed by atoms with Crippen molar-refractivity contribution in [3.63, 3.8) is 0 Å². The van der Waals surface area contributed by atoms with Crippen LogP contribution in [0, 0.1) is 0 Å². The number of hydrogen-bond acceptors (Lipinski definition) is 1. The zero-order chi connectivity index (χ0) is 8.69. The first-order chi connectivity index (χ1) is 5.34. The number of hydrogen-bond donors (Lipinski definition) is 1. The quantitative estimate of drug-likeness (QED) is 0.648. The van der Waals surface area contributed by atoms with E-state index in [2.05, 4.69) is 0 Å². The molecular formula is C9H15ClO. The van der Waals surface area contributed by atoms with Gasteiger partial charge in [-0.2, -0.15) is 0 Å². The van der Waals surface area contributed by atoms with E-state index >= 15 is 0 Å². The molecule has 0 radical (unpaired) electrons. The second-order valence-corrected chi connectivity index (χ2v) is 2.46. The maximum Gasteiger partial charge on any atom is 0.0659 e. The monoisotopic (exact) mass is 174 g/mol. The van der Waals surface area contributed by atoms with Crippen LogP contribution in [0.25, 0.3) is 0 Å². The van der Waals surface area contributed by atoms with Crippen LogP contribution in [0.1, 0.15) is 26.7 Å². The first kappa shape index (κ1) is 10.7. The standard InChI is InChI=1S/C7H9ClO.C2H6/c8-7-4-2-1-3-6(7)5-9;1-2/h2,4,9H,1,3,5H2;1-2H3. The largest absolute Gasteiger partial charge is 0.392 e. The zero-order valence-electron chi connectivity index (χ0n) is 7.10. The van der Waals surface area contributed by atoms with E-state index < -0.39 is 0 Å². The average molecular weight is 175 g/mol. The van der Waals surface area contributed by atoms with Gasteiger partial charge in [0.05, 0.1) is 6.61 Å². The summed E-state index contributed by atoms with van der Waals surface area (Å²) < 4.78 is 0. The van der Waals surface area contributed by atoms with Crippen LogP contribution in [-0.4, -0.2) is 11.7 Å².